The van der Waals surface area contributed by atoms with Crippen LogP contribution in [0.5, 0.6) is 0 Å². The Bertz CT molecular complexity index is 1080. The van der Waals surface area contributed by atoms with Crippen LogP contribution >= 0.6 is 11.3 Å². The summed E-state index contributed by atoms with van der Waals surface area (Å²) in [5.41, 5.74) is 4.59. The smallest absolute Gasteiger partial charge is 0.257 e. The van der Waals surface area contributed by atoms with Crippen LogP contribution in [-0.2, 0) is 6.54 Å². The number of carbonyl (C=O) groups excluding carboxylic acids is 1. The normalized spacial score (nSPS) is 10.8. The minimum Gasteiger partial charge on any atom is -0.337 e. The predicted octanol–water partition coefficient (Wildman–Crippen LogP) is 5.18. The van der Waals surface area contributed by atoms with Crippen molar-refractivity contribution in [2.24, 2.45) is 0 Å². The van der Waals surface area contributed by atoms with Gasteiger partial charge in [-0.1, -0.05) is 48.5 Å². The summed E-state index contributed by atoms with van der Waals surface area (Å²) in [6, 6.07) is 22.0. The fourth-order valence-corrected chi connectivity index (χ4v) is 3.88. The van der Waals surface area contributed by atoms with Crippen LogP contribution in [0.15, 0.2) is 78.3 Å². The largest absolute Gasteiger partial charge is 0.337 e. The van der Waals surface area contributed by atoms with E-state index in [2.05, 4.69) is 19.1 Å². The summed E-state index contributed by atoms with van der Waals surface area (Å²) in [5.74, 6) is -0.0335. The van der Waals surface area contributed by atoms with Gasteiger partial charge in [-0.3, -0.25) is 4.79 Å². The fraction of sp³-hybridized carbons (Fsp3) is 0.130. The lowest BCUT2D eigenvalue weighted by Crippen LogP contribution is -2.26. The molecule has 140 valence electrons. The number of rotatable bonds is 5. The number of amides is 1. The third-order valence-corrected chi connectivity index (χ3v) is 5.61. The Morgan fingerprint density at radius 1 is 1.04 bits per heavy atom. The van der Waals surface area contributed by atoms with Crippen molar-refractivity contribution in [2.45, 2.75) is 13.5 Å². The molecule has 0 aliphatic rings. The molecule has 4 aromatic rings. The third-order valence-electron chi connectivity index (χ3n) is 4.74. The zero-order valence-electron chi connectivity index (χ0n) is 15.9. The van der Waals surface area contributed by atoms with E-state index in [9.17, 15) is 4.79 Å². The zero-order chi connectivity index (χ0) is 19.5. The molecule has 0 aliphatic heterocycles. The van der Waals surface area contributed by atoms with E-state index in [1.54, 1.807) is 20.9 Å². The molecule has 0 bridgehead atoms. The van der Waals surface area contributed by atoms with E-state index in [-0.39, 0.29) is 5.91 Å². The minimum atomic E-state index is -0.0335. The van der Waals surface area contributed by atoms with Gasteiger partial charge in [0.05, 0.1) is 16.1 Å². The molecule has 1 amide bonds. The van der Waals surface area contributed by atoms with Crippen molar-refractivity contribution in [1.29, 1.82) is 0 Å². The maximum Gasteiger partial charge on any atom is 0.257 e. The van der Waals surface area contributed by atoms with Gasteiger partial charge in [0.2, 0.25) is 0 Å². The Hall–Kier alpha value is -3.18. The van der Waals surface area contributed by atoms with Gasteiger partial charge in [-0.05, 0) is 41.6 Å². The van der Waals surface area contributed by atoms with Crippen LogP contribution in [0.25, 0.3) is 16.3 Å². The first-order chi connectivity index (χ1) is 13.6. The molecule has 0 saturated heterocycles. The van der Waals surface area contributed by atoms with E-state index in [1.165, 1.54) is 5.56 Å². The molecule has 0 N–H and O–H groups in total. The summed E-state index contributed by atoms with van der Waals surface area (Å²) < 4.78 is 1.78. The zero-order valence-corrected chi connectivity index (χ0v) is 16.7. The van der Waals surface area contributed by atoms with Gasteiger partial charge in [0.1, 0.15) is 5.69 Å². The SMILES string of the molecule is Cc1ccccc1CN(C)C(=O)c1cn(-c2ccccc2)nc1-c1cccs1. The second-order valence-electron chi connectivity index (χ2n) is 6.74. The van der Waals surface area contributed by atoms with Gasteiger partial charge in [0, 0.05) is 19.8 Å². The molecule has 28 heavy (non-hydrogen) atoms. The molecule has 0 aliphatic carbocycles. The highest BCUT2D eigenvalue weighted by Crippen LogP contribution is 2.29. The van der Waals surface area contributed by atoms with Gasteiger partial charge in [-0.25, -0.2) is 4.68 Å². The summed E-state index contributed by atoms with van der Waals surface area (Å²) >= 11 is 1.59. The topological polar surface area (TPSA) is 38.1 Å². The Labute approximate surface area is 168 Å². The maximum absolute atomic E-state index is 13.3. The highest BCUT2D eigenvalue weighted by atomic mass is 32.1. The van der Waals surface area contributed by atoms with Crippen LogP contribution in [0.1, 0.15) is 21.5 Å². The number of benzene rings is 2. The summed E-state index contributed by atoms with van der Waals surface area (Å²) in [6.07, 6.45) is 1.83. The number of aromatic nitrogens is 2. The summed E-state index contributed by atoms with van der Waals surface area (Å²) in [7, 11) is 1.84. The molecule has 0 atom stereocenters. The van der Waals surface area contributed by atoms with Gasteiger partial charge in [-0.2, -0.15) is 5.10 Å². The molecule has 4 nitrogen and oxygen atoms in total. The van der Waals surface area contributed by atoms with Crippen LogP contribution in [0, 0.1) is 6.92 Å². The van der Waals surface area contributed by atoms with Gasteiger partial charge in [0.25, 0.3) is 5.91 Å². The predicted molar refractivity (Wildman–Crippen MR) is 114 cm³/mol. The van der Waals surface area contributed by atoms with Gasteiger partial charge >= 0.3 is 0 Å². The van der Waals surface area contributed by atoms with Crippen LogP contribution in [-0.4, -0.2) is 27.6 Å². The number of nitrogens with zero attached hydrogens (tertiary/aromatic N) is 3. The molecular weight excluding hydrogens is 366 g/mol. The van der Waals surface area contributed by atoms with E-state index in [1.807, 2.05) is 73.2 Å². The van der Waals surface area contributed by atoms with Gasteiger partial charge in [-0.15, -0.1) is 11.3 Å². The summed E-state index contributed by atoms with van der Waals surface area (Å²) in [4.78, 5) is 16.0. The van der Waals surface area contributed by atoms with E-state index in [0.29, 0.717) is 12.1 Å². The van der Waals surface area contributed by atoms with Crippen molar-refractivity contribution in [2.75, 3.05) is 7.05 Å². The quantitative estimate of drug-likeness (QED) is 0.473. The fourth-order valence-electron chi connectivity index (χ4n) is 3.16. The first-order valence-corrected chi connectivity index (χ1v) is 10.0. The molecule has 2 heterocycles. The number of para-hydroxylation sites is 1. The van der Waals surface area contributed by atoms with Crippen molar-refractivity contribution in [3.8, 4) is 16.3 Å². The monoisotopic (exact) mass is 387 g/mol. The van der Waals surface area contributed by atoms with Gasteiger partial charge < -0.3 is 4.90 Å². The lowest BCUT2D eigenvalue weighted by molar-refractivity contribution is 0.0785. The maximum atomic E-state index is 13.3. The van der Waals surface area contributed by atoms with Crippen molar-refractivity contribution in [3.63, 3.8) is 0 Å². The lowest BCUT2D eigenvalue weighted by atomic mass is 10.1. The minimum absolute atomic E-state index is 0.0335. The van der Waals surface area contributed by atoms with Crippen molar-refractivity contribution in [1.82, 2.24) is 14.7 Å². The van der Waals surface area contributed by atoms with E-state index in [4.69, 9.17) is 5.10 Å². The van der Waals surface area contributed by atoms with Crippen molar-refractivity contribution in [3.05, 3.63) is 95.0 Å². The van der Waals surface area contributed by atoms with Crippen LogP contribution in [0.2, 0.25) is 0 Å². The number of hydrogen-bond acceptors (Lipinski definition) is 3. The van der Waals surface area contributed by atoms with Crippen molar-refractivity contribution < 1.29 is 4.79 Å². The van der Waals surface area contributed by atoms with E-state index < -0.39 is 0 Å². The second-order valence-corrected chi connectivity index (χ2v) is 7.68. The Morgan fingerprint density at radius 3 is 2.50 bits per heavy atom. The van der Waals surface area contributed by atoms with Crippen molar-refractivity contribution >= 4 is 17.2 Å². The molecule has 0 radical (unpaired) electrons. The molecule has 0 unspecified atom stereocenters. The average Bonchev–Trinajstić information content (AvgIpc) is 3.39. The molecule has 0 saturated carbocycles. The molecule has 4 rings (SSSR count). The van der Waals surface area contributed by atoms with Crippen LogP contribution in [0.4, 0.5) is 0 Å². The molecule has 2 aromatic carbocycles. The first kappa shape index (κ1) is 18.2. The standard InChI is InChI=1S/C23H21N3OS/c1-17-9-6-7-10-18(17)15-25(2)23(27)20-16-26(19-11-4-3-5-12-19)24-22(20)21-13-8-14-28-21/h3-14,16H,15H2,1-2H3. The number of thiophene rings is 1. The first-order valence-electron chi connectivity index (χ1n) is 9.12. The second kappa shape index (κ2) is 7.82. The Balaban J connectivity index is 1.70. The molecule has 0 spiro atoms. The highest BCUT2D eigenvalue weighted by molar-refractivity contribution is 7.13. The Morgan fingerprint density at radius 2 is 1.79 bits per heavy atom. The van der Waals surface area contributed by atoms with Crippen LogP contribution < -0.4 is 0 Å². The molecule has 2 aromatic heterocycles. The van der Waals surface area contributed by atoms with Crippen LogP contribution in [0.3, 0.4) is 0 Å². The average molecular weight is 388 g/mol. The summed E-state index contributed by atoms with van der Waals surface area (Å²) in [5, 5.41) is 6.73. The number of hydrogen-bond donors (Lipinski definition) is 0. The third kappa shape index (κ3) is 3.62. The molecule has 0 fully saturated rings. The molecule has 5 heteroatoms. The summed E-state index contributed by atoms with van der Waals surface area (Å²) in [6.45, 7) is 2.63. The van der Waals surface area contributed by atoms with E-state index >= 15 is 0 Å². The number of carbonyl (C=O) groups is 1. The van der Waals surface area contributed by atoms with Gasteiger partial charge in [0.15, 0.2) is 0 Å². The highest BCUT2D eigenvalue weighted by Gasteiger charge is 2.22. The van der Waals surface area contributed by atoms with E-state index in [0.717, 1.165) is 21.8 Å². The number of aryl methyl sites for hydroxylation is 1. The lowest BCUT2D eigenvalue weighted by Gasteiger charge is -2.18. The Kier molecular flexibility index (Phi) is 5.08. The molecular formula is C23H21N3OS.